The summed E-state index contributed by atoms with van der Waals surface area (Å²) in [5.74, 6) is -0.163. The van der Waals surface area contributed by atoms with Crippen molar-refractivity contribution in [1.29, 1.82) is 0 Å². The van der Waals surface area contributed by atoms with Crippen molar-refractivity contribution in [3.05, 3.63) is 41.1 Å². The topological polar surface area (TPSA) is 88.5 Å². The predicted molar refractivity (Wildman–Crippen MR) is 113 cm³/mol. The van der Waals surface area contributed by atoms with Crippen LogP contribution in [-0.4, -0.2) is 68.5 Å². The van der Waals surface area contributed by atoms with Crippen LogP contribution in [0.5, 0.6) is 0 Å². The molecule has 0 saturated carbocycles. The van der Waals surface area contributed by atoms with Gasteiger partial charge < -0.3 is 14.5 Å². The smallest absolute Gasteiger partial charge is 0.433 e. The third-order valence-electron chi connectivity index (χ3n) is 4.73. The molecule has 0 atom stereocenters. The molecule has 0 N–H and O–H groups in total. The molecular formula is C21H23ClF3N5O3. The molecule has 0 radical (unpaired) electrons. The van der Waals surface area contributed by atoms with Gasteiger partial charge in [-0.3, -0.25) is 9.78 Å². The molecule has 33 heavy (non-hydrogen) atoms. The standard InChI is InChI=1S/C21H23ClF3N5O3/c1-20(2,3)33-19(32)30-8-6-29(7-9-30)17(31)10-14-5-4-13(12-26-14)15-11-16(21(23,24)25)28-18(22)27-15/h4-5,11-12H,6-10H2,1-3H3. The van der Waals surface area contributed by atoms with Gasteiger partial charge in [0.25, 0.3) is 0 Å². The number of hydrogen-bond donors (Lipinski definition) is 0. The van der Waals surface area contributed by atoms with Crippen LogP contribution in [0.4, 0.5) is 18.0 Å². The zero-order valence-corrected chi connectivity index (χ0v) is 19.1. The predicted octanol–water partition coefficient (Wildman–Crippen LogP) is 3.83. The summed E-state index contributed by atoms with van der Waals surface area (Å²) in [6.07, 6.45) is -3.72. The molecule has 2 aromatic heterocycles. The second-order valence-electron chi connectivity index (χ2n) is 8.47. The Hall–Kier alpha value is -2.95. The van der Waals surface area contributed by atoms with E-state index in [1.807, 2.05) is 0 Å². The van der Waals surface area contributed by atoms with Gasteiger partial charge >= 0.3 is 12.3 Å². The Bertz CT molecular complexity index is 1020. The largest absolute Gasteiger partial charge is 0.444 e. The molecule has 2 aromatic rings. The summed E-state index contributed by atoms with van der Waals surface area (Å²) >= 11 is 5.63. The number of aromatic nitrogens is 3. The first kappa shape index (κ1) is 24.7. The fourth-order valence-electron chi connectivity index (χ4n) is 3.12. The lowest BCUT2D eigenvalue weighted by Gasteiger charge is -2.35. The van der Waals surface area contributed by atoms with E-state index in [4.69, 9.17) is 16.3 Å². The molecule has 2 amide bonds. The van der Waals surface area contributed by atoms with Gasteiger partial charge in [0.2, 0.25) is 11.2 Å². The number of carbonyl (C=O) groups is 2. The molecule has 0 spiro atoms. The fraction of sp³-hybridized carbons (Fsp3) is 0.476. The highest BCUT2D eigenvalue weighted by Crippen LogP contribution is 2.31. The highest BCUT2D eigenvalue weighted by atomic mass is 35.5. The minimum absolute atomic E-state index is 0.0189. The van der Waals surface area contributed by atoms with Crippen LogP contribution >= 0.6 is 11.6 Å². The number of halogens is 4. The second-order valence-corrected chi connectivity index (χ2v) is 8.81. The highest BCUT2D eigenvalue weighted by molar-refractivity contribution is 6.28. The lowest BCUT2D eigenvalue weighted by molar-refractivity contribution is -0.141. The number of piperazine rings is 1. The van der Waals surface area contributed by atoms with Gasteiger partial charge in [0, 0.05) is 43.6 Å². The van der Waals surface area contributed by atoms with E-state index in [2.05, 4.69) is 15.0 Å². The van der Waals surface area contributed by atoms with Crippen LogP contribution in [0.1, 0.15) is 32.2 Å². The summed E-state index contributed by atoms with van der Waals surface area (Å²) in [4.78, 5) is 39.1. The number of rotatable bonds is 3. The first-order valence-corrected chi connectivity index (χ1v) is 10.5. The van der Waals surface area contributed by atoms with Gasteiger partial charge in [0.15, 0.2) is 0 Å². The SMILES string of the molecule is CC(C)(C)OC(=O)N1CCN(C(=O)Cc2ccc(-c3cc(C(F)(F)F)nc(Cl)n3)cn2)CC1. The minimum atomic E-state index is -4.66. The van der Waals surface area contributed by atoms with Crippen molar-refractivity contribution in [2.45, 2.75) is 39.0 Å². The van der Waals surface area contributed by atoms with Crippen molar-refractivity contribution in [2.75, 3.05) is 26.2 Å². The lowest BCUT2D eigenvalue weighted by Crippen LogP contribution is -2.52. The van der Waals surface area contributed by atoms with Crippen LogP contribution in [0, 0.1) is 0 Å². The molecular weight excluding hydrogens is 463 g/mol. The molecule has 3 heterocycles. The number of carbonyl (C=O) groups excluding carboxylic acids is 2. The van der Waals surface area contributed by atoms with Gasteiger partial charge in [-0.25, -0.2) is 14.8 Å². The molecule has 0 aliphatic carbocycles. The molecule has 178 valence electrons. The maximum absolute atomic E-state index is 13.0. The molecule has 8 nitrogen and oxygen atoms in total. The van der Waals surface area contributed by atoms with Crippen molar-refractivity contribution < 1.29 is 27.5 Å². The second kappa shape index (κ2) is 9.50. The molecule has 3 rings (SSSR count). The number of alkyl halides is 3. The Kier molecular flexibility index (Phi) is 7.11. The van der Waals surface area contributed by atoms with Crippen LogP contribution in [-0.2, 0) is 22.1 Å². The molecule has 1 saturated heterocycles. The minimum Gasteiger partial charge on any atom is -0.444 e. The van der Waals surface area contributed by atoms with Gasteiger partial charge in [-0.1, -0.05) is 0 Å². The van der Waals surface area contributed by atoms with E-state index in [-0.39, 0.29) is 18.0 Å². The van der Waals surface area contributed by atoms with Crippen molar-refractivity contribution in [3.63, 3.8) is 0 Å². The normalized spacial score (nSPS) is 14.9. The average molecular weight is 486 g/mol. The number of pyridine rings is 1. The monoisotopic (exact) mass is 485 g/mol. The van der Waals surface area contributed by atoms with E-state index < -0.39 is 28.8 Å². The van der Waals surface area contributed by atoms with E-state index >= 15 is 0 Å². The summed E-state index contributed by atoms with van der Waals surface area (Å²) in [6.45, 7) is 6.84. The molecule has 0 aromatic carbocycles. The van der Waals surface area contributed by atoms with Gasteiger partial charge in [0.05, 0.1) is 12.1 Å². The lowest BCUT2D eigenvalue weighted by atomic mass is 10.1. The van der Waals surface area contributed by atoms with Crippen molar-refractivity contribution in [1.82, 2.24) is 24.8 Å². The molecule has 1 fully saturated rings. The number of amides is 2. The Morgan fingerprint density at radius 1 is 1.06 bits per heavy atom. The maximum Gasteiger partial charge on any atom is 0.433 e. The zero-order chi connectivity index (χ0) is 24.4. The molecule has 12 heteroatoms. The maximum atomic E-state index is 13.0. The molecule has 1 aliphatic heterocycles. The molecule has 1 aliphatic rings. The number of ether oxygens (including phenoxy) is 1. The van der Waals surface area contributed by atoms with Crippen molar-refractivity contribution >= 4 is 23.6 Å². The van der Waals surface area contributed by atoms with E-state index in [0.29, 0.717) is 37.4 Å². The Labute approximate surface area is 193 Å². The van der Waals surface area contributed by atoms with Crippen molar-refractivity contribution in [2.24, 2.45) is 0 Å². The molecule has 0 bridgehead atoms. The summed E-state index contributed by atoms with van der Waals surface area (Å²) < 4.78 is 44.2. The van der Waals surface area contributed by atoms with Gasteiger partial charge in [0.1, 0.15) is 11.3 Å². The van der Waals surface area contributed by atoms with E-state index in [1.165, 1.54) is 12.3 Å². The summed E-state index contributed by atoms with van der Waals surface area (Å²) in [5, 5.41) is -0.524. The fourth-order valence-corrected chi connectivity index (χ4v) is 3.31. The van der Waals surface area contributed by atoms with Crippen LogP contribution in [0.3, 0.4) is 0 Å². The van der Waals surface area contributed by atoms with Crippen LogP contribution in [0.25, 0.3) is 11.3 Å². The molecule has 0 unspecified atom stereocenters. The summed E-state index contributed by atoms with van der Waals surface area (Å²) in [5.41, 5.74) is -0.998. The Morgan fingerprint density at radius 3 is 2.24 bits per heavy atom. The Balaban J connectivity index is 1.59. The van der Waals surface area contributed by atoms with E-state index in [1.54, 1.807) is 36.6 Å². The van der Waals surface area contributed by atoms with Crippen LogP contribution < -0.4 is 0 Å². The average Bonchev–Trinajstić information content (AvgIpc) is 2.72. The highest BCUT2D eigenvalue weighted by Gasteiger charge is 2.34. The van der Waals surface area contributed by atoms with Crippen LogP contribution in [0.2, 0.25) is 5.28 Å². The summed E-state index contributed by atoms with van der Waals surface area (Å²) in [6, 6.07) is 3.86. The Morgan fingerprint density at radius 2 is 1.70 bits per heavy atom. The third kappa shape index (κ3) is 6.77. The van der Waals surface area contributed by atoms with Crippen molar-refractivity contribution in [3.8, 4) is 11.3 Å². The number of nitrogens with zero attached hydrogens (tertiary/aromatic N) is 5. The van der Waals surface area contributed by atoms with Crippen LogP contribution in [0.15, 0.2) is 24.4 Å². The zero-order valence-electron chi connectivity index (χ0n) is 18.3. The summed E-state index contributed by atoms with van der Waals surface area (Å²) in [7, 11) is 0. The van der Waals surface area contributed by atoms with Gasteiger partial charge in [-0.05, 0) is 50.6 Å². The number of hydrogen-bond acceptors (Lipinski definition) is 6. The first-order valence-electron chi connectivity index (χ1n) is 10.1. The van der Waals surface area contributed by atoms with E-state index in [0.717, 1.165) is 6.07 Å². The van der Waals surface area contributed by atoms with Gasteiger partial charge in [-0.2, -0.15) is 13.2 Å². The van der Waals surface area contributed by atoms with E-state index in [9.17, 15) is 22.8 Å². The third-order valence-corrected chi connectivity index (χ3v) is 4.90. The quantitative estimate of drug-likeness (QED) is 0.614. The first-order chi connectivity index (χ1) is 15.3. The van der Waals surface area contributed by atoms with Gasteiger partial charge in [-0.15, -0.1) is 0 Å².